The molecule has 1 amide bonds. The molecule has 0 spiro atoms. The van der Waals surface area contributed by atoms with E-state index in [2.05, 4.69) is 10.6 Å². The zero-order valence-electron chi connectivity index (χ0n) is 11.5. The van der Waals surface area contributed by atoms with Crippen LogP contribution in [0.2, 0.25) is 5.02 Å². The van der Waals surface area contributed by atoms with Gasteiger partial charge in [0.15, 0.2) is 0 Å². The van der Waals surface area contributed by atoms with Crippen LogP contribution in [0.1, 0.15) is 12.0 Å². The van der Waals surface area contributed by atoms with Gasteiger partial charge in [-0.25, -0.2) is 0 Å². The molecule has 0 saturated carbocycles. The van der Waals surface area contributed by atoms with Gasteiger partial charge in [-0.15, -0.1) is 11.6 Å². The minimum Gasteiger partial charge on any atom is -0.389 e. The second kappa shape index (κ2) is 10.1. The smallest absolute Gasteiger partial charge is 0.263 e. The normalized spacial score (nSPS) is 10.8. The zero-order valence-corrected chi connectivity index (χ0v) is 13.0. The van der Waals surface area contributed by atoms with Gasteiger partial charge in [0.1, 0.15) is 11.6 Å². The summed E-state index contributed by atoms with van der Waals surface area (Å²) >= 11 is 11.4. The van der Waals surface area contributed by atoms with E-state index in [-0.39, 0.29) is 5.57 Å². The van der Waals surface area contributed by atoms with Gasteiger partial charge < -0.3 is 10.6 Å². The molecule has 0 aliphatic carbocycles. The summed E-state index contributed by atoms with van der Waals surface area (Å²) in [4.78, 5) is 11.7. The third-order valence-electron chi connectivity index (χ3n) is 2.65. The van der Waals surface area contributed by atoms with Crippen LogP contribution in [0.5, 0.6) is 0 Å². The molecule has 0 aromatic heterocycles. The number of nitrogens with one attached hydrogen (secondary N) is 2. The van der Waals surface area contributed by atoms with Crippen molar-refractivity contribution in [2.24, 2.45) is 0 Å². The lowest BCUT2D eigenvalue weighted by molar-refractivity contribution is -0.117. The Labute approximate surface area is 134 Å². The Hall–Kier alpha value is -1.70. The SMILES string of the molecule is N#C/C(=C/NCCc1cccc(Cl)c1)C(=O)NCCCCl. The molecule has 0 heterocycles. The Morgan fingerprint density at radius 1 is 1.38 bits per heavy atom. The van der Waals surface area contributed by atoms with Gasteiger partial charge in [-0.3, -0.25) is 4.79 Å². The number of hydrogen-bond acceptors (Lipinski definition) is 3. The van der Waals surface area contributed by atoms with E-state index in [0.29, 0.717) is 30.4 Å². The van der Waals surface area contributed by atoms with E-state index in [1.165, 1.54) is 6.20 Å². The Morgan fingerprint density at radius 3 is 2.86 bits per heavy atom. The molecular weight excluding hydrogens is 309 g/mol. The average Bonchev–Trinajstić information content (AvgIpc) is 2.47. The van der Waals surface area contributed by atoms with Gasteiger partial charge in [0.05, 0.1) is 0 Å². The first-order valence-corrected chi connectivity index (χ1v) is 7.51. The first-order valence-electron chi connectivity index (χ1n) is 6.59. The van der Waals surface area contributed by atoms with Crippen LogP contribution < -0.4 is 10.6 Å². The second-order valence-corrected chi connectivity index (χ2v) is 5.12. The minimum atomic E-state index is -0.391. The Morgan fingerprint density at radius 2 is 2.19 bits per heavy atom. The molecular formula is C15H17Cl2N3O. The summed E-state index contributed by atoms with van der Waals surface area (Å²) in [5.74, 6) is 0.0851. The van der Waals surface area contributed by atoms with E-state index < -0.39 is 5.91 Å². The van der Waals surface area contributed by atoms with Crippen molar-refractivity contribution in [3.63, 3.8) is 0 Å². The van der Waals surface area contributed by atoms with Crippen molar-refractivity contribution < 1.29 is 4.79 Å². The number of carbonyl (C=O) groups excluding carboxylic acids is 1. The van der Waals surface area contributed by atoms with Gasteiger partial charge in [0, 0.05) is 30.2 Å². The zero-order chi connectivity index (χ0) is 15.5. The maximum Gasteiger partial charge on any atom is 0.263 e. The maximum absolute atomic E-state index is 11.7. The highest BCUT2D eigenvalue weighted by Gasteiger charge is 2.07. The lowest BCUT2D eigenvalue weighted by atomic mass is 10.1. The number of benzene rings is 1. The average molecular weight is 326 g/mol. The van der Waals surface area contributed by atoms with E-state index in [4.69, 9.17) is 28.5 Å². The number of rotatable bonds is 8. The van der Waals surface area contributed by atoms with Crippen molar-refractivity contribution in [1.82, 2.24) is 10.6 Å². The molecule has 0 aliphatic heterocycles. The molecule has 1 rings (SSSR count). The fraction of sp³-hybridized carbons (Fsp3) is 0.333. The number of carbonyl (C=O) groups is 1. The largest absolute Gasteiger partial charge is 0.389 e. The van der Waals surface area contributed by atoms with Crippen LogP contribution >= 0.6 is 23.2 Å². The minimum absolute atomic E-state index is 0.0515. The first-order chi connectivity index (χ1) is 10.2. The maximum atomic E-state index is 11.7. The van der Waals surface area contributed by atoms with Gasteiger partial charge in [-0.2, -0.15) is 5.26 Å². The summed E-state index contributed by atoms with van der Waals surface area (Å²) in [6, 6.07) is 9.43. The van der Waals surface area contributed by atoms with E-state index in [0.717, 1.165) is 12.0 Å². The van der Waals surface area contributed by atoms with Crippen LogP contribution in [-0.2, 0) is 11.2 Å². The summed E-state index contributed by atoms with van der Waals surface area (Å²) in [5, 5.41) is 15.2. The predicted octanol–water partition coefficient (Wildman–Crippen LogP) is 2.62. The summed E-state index contributed by atoms with van der Waals surface area (Å²) in [6.45, 7) is 1.07. The number of alkyl halides is 1. The highest BCUT2D eigenvalue weighted by atomic mass is 35.5. The molecule has 0 unspecified atom stereocenters. The second-order valence-electron chi connectivity index (χ2n) is 4.30. The Kier molecular flexibility index (Phi) is 8.34. The van der Waals surface area contributed by atoms with Gasteiger partial charge in [0.2, 0.25) is 0 Å². The molecule has 0 bridgehead atoms. The van der Waals surface area contributed by atoms with Gasteiger partial charge in [-0.05, 0) is 30.5 Å². The monoisotopic (exact) mass is 325 g/mol. The molecule has 0 aliphatic rings. The number of halogens is 2. The summed E-state index contributed by atoms with van der Waals surface area (Å²) in [5.41, 5.74) is 1.14. The topological polar surface area (TPSA) is 64.9 Å². The molecule has 6 heteroatoms. The van der Waals surface area contributed by atoms with Gasteiger partial charge >= 0.3 is 0 Å². The molecule has 2 N–H and O–H groups in total. The highest BCUT2D eigenvalue weighted by molar-refractivity contribution is 6.30. The summed E-state index contributed by atoms with van der Waals surface area (Å²) in [7, 11) is 0. The Bertz CT molecular complexity index is 538. The highest BCUT2D eigenvalue weighted by Crippen LogP contribution is 2.10. The Balaban J connectivity index is 2.39. The van der Waals surface area contributed by atoms with Crippen LogP contribution in [-0.4, -0.2) is 24.9 Å². The number of hydrogen-bond donors (Lipinski definition) is 2. The van der Waals surface area contributed by atoms with Crippen LogP contribution in [0.3, 0.4) is 0 Å². The number of amides is 1. The molecule has 1 aromatic rings. The van der Waals surface area contributed by atoms with Gasteiger partial charge in [-0.1, -0.05) is 23.7 Å². The van der Waals surface area contributed by atoms with E-state index >= 15 is 0 Å². The fourth-order valence-electron chi connectivity index (χ4n) is 1.60. The molecule has 0 fully saturated rings. The van der Waals surface area contributed by atoms with Crippen LogP contribution in [0.4, 0.5) is 0 Å². The third kappa shape index (κ3) is 7.03. The fourth-order valence-corrected chi connectivity index (χ4v) is 1.94. The number of nitriles is 1. The first kappa shape index (κ1) is 17.4. The van der Waals surface area contributed by atoms with Gasteiger partial charge in [0.25, 0.3) is 5.91 Å². The van der Waals surface area contributed by atoms with Crippen LogP contribution in [0.15, 0.2) is 36.0 Å². The van der Waals surface area contributed by atoms with E-state index in [9.17, 15) is 4.79 Å². The third-order valence-corrected chi connectivity index (χ3v) is 3.16. The number of nitrogens with zero attached hydrogens (tertiary/aromatic N) is 1. The van der Waals surface area contributed by atoms with E-state index in [1.54, 1.807) is 0 Å². The molecule has 0 saturated heterocycles. The summed E-state index contributed by atoms with van der Waals surface area (Å²) in [6.07, 6.45) is 2.86. The van der Waals surface area contributed by atoms with Crippen molar-refractivity contribution in [3.8, 4) is 6.07 Å². The lowest BCUT2D eigenvalue weighted by Crippen LogP contribution is -2.27. The molecule has 0 radical (unpaired) electrons. The standard InChI is InChI=1S/C15H17Cl2N3O/c16-6-2-7-20-15(21)13(10-18)11-19-8-5-12-3-1-4-14(17)9-12/h1,3-4,9,11,19H,2,5-8H2,(H,20,21)/b13-11-. The summed E-state index contributed by atoms with van der Waals surface area (Å²) < 4.78 is 0. The van der Waals surface area contributed by atoms with Crippen molar-refractivity contribution in [1.29, 1.82) is 5.26 Å². The predicted molar refractivity (Wildman–Crippen MR) is 85.2 cm³/mol. The van der Waals surface area contributed by atoms with Crippen molar-refractivity contribution >= 4 is 29.1 Å². The van der Waals surface area contributed by atoms with Crippen molar-refractivity contribution in [2.75, 3.05) is 19.0 Å². The van der Waals surface area contributed by atoms with Crippen molar-refractivity contribution in [2.45, 2.75) is 12.8 Å². The quantitative estimate of drug-likeness (QED) is 0.334. The molecule has 1 aromatic carbocycles. The molecule has 21 heavy (non-hydrogen) atoms. The lowest BCUT2D eigenvalue weighted by Gasteiger charge is -2.05. The van der Waals surface area contributed by atoms with E-state index in [1.807, 2.05) is 30.3 Å². The van der Waals surface area contributed by atoms with Crippen LogP contribution in [0, 0.1) is 11.3 Å². The van der Waals surface area contributed by atoms with Crippen molar-refractivity contribution in [3.05, 3.63) is 46.6 Å². The molecule has 112 valence electrons. The molecule has 4 nitrogen and oxygen atoms in total. The van der Waals surface area contributed by atoms with Crippen LogP contribution in [0.25, 0.3) is 0 Å². The molecule has 0 atom stereocenters.